The van der Waals surface area contributed by atoms with Crippen LogP contribution in [0.2, 0.25) is 0 Å². The summed E-state index contributed by atoms with van der Waals surface area (Å²) in [6.07, 6.45) is 0.793. The van der Waals surface area contributed by atoms with Crippen LogP contribution in [0.25, 0.3) is 21.7 Å². The van der Waals surface area contributed by atoms with Crippen molar-refractivity contribution < 1.29 is 9.53 Å². The molecule has 3 aromatic carbocycles. The molecule has 0 fully saturated rings. The second-order valence-corrected chi connectivity index (χ2v) is 5.25. The van der Waals surface area contributed by atoms with Gasteiger partial charge in [-0.25, -0.2) is 4.98 Å². The van der Waals surface area contributed by atoms with Gasteiger partial charge in [0.15, 0.2) is 6.29 Å². The van der Waals surface area contributed by atoms with Gasteiger partial charge in [0, 0.05) is 10.8 Å². The number of ether oxygens (including phenoxy) is 1. The largest absolute Gasteiger partial charge is 0.457 e. The third-order valence-electron chi connectivity index (χ3n) is 3.79. The highest BCUT2D eigenvalue weighted by atomic mass is 16.5. The van der Waals surface area contributed by atoms with Crippen molar-refractivity contribution in [3.8, 4) is 11.5 Å². The second kappa shape index (κ2) is 5.54. The lowest BCUT2D eigenvalue weighted by Crippen LogP contribution is -1.92. The number of fused-ring (bicyclic) bond motifs is 3. The van der Waals surface area contributed by atoms with Crippen molar-refractivity contribution in [2.45, 2.75) is 0 Å². The third kappa shape index (κ3) is 2.42. The molecule has 0 aliphatic carbocycles. The lowest BCUT2D eigenvalue weighted by molar-refractivity contribution is 0.112. The lowest BCUT2D eigenvalue weighted by atomic mass is 10.0. The minimum Gasteiger partial charge on any atom is -0.457 e. The van der Waals surface area contributed by atoms with E-state index >= 15 is 0 Å². The van der Waals surface area contributed by atoms with Crippen LogP contribution in [-0.2, 0) is 0 Å². The number of benzene rings is 3. The maximum Gasteiger partial charge on any atom is 0.169 e. The topological polar surface area (TPSA) is 39.2 Å². The van der Waals surface area contributed by atoms with E-state index < -0.39 is 0 Å². The molecule has 1 heterocycles. The molecule has 0 aliphatic rings. The molecule has 1 aromatic heterocycles. The molecule has 0 saturated carbocycles. The van der Waals surface area contributed by atoms with Crippen molar-refractivity contribution >= 4 is 28.0 Å². The Hall–Kier alpha value is -3.20. The molecule has 0 amide bonds. The van der Waals surface area contributed by atoms with Gasteiger partial charge in [-0.2, -0.15) is 0 Å². The summed E-state index contributed by atoms with van der Waals surface area (Å²) in [4.78, 5) is 15.9. The van der Waals surface area contributed by atoms with Gasteiger partial charge in [-0.15, -0.1) is 0 Å². The van der Waals surface area contributed by atoms with Crippen LogP contribution in [0.5, 0.6) is 11.5 Å². The molecule has 0 N–H and O–H groups in total. The quantitative estimate of drug-likeness (QED) is 0.395. The summed E-state index contributed by atoms with van der Waals surface area (Å²) in [6.45, 7) is 0. The van der Waals surface area contributed by atoms with Crippen molar-refractivity contribution in [3.63, 3.8) is 0 Å². The van der Waals surface area contributed by atoms with Gasteiger partial charge in [0.25, 0.3) is 0 Å². The van der Waals surface area contributed by atoms with E-state index in [1.807, 2.05) is 72.8 Å². The van der Waals surface area contributed by atoms with Gasteiger partial charge < -0.3 is 4.74 Å². The van der Waals surface area contributed by atoms with Gasteiger partial charge in [-0.1, -0.05) is 36.4 Å². The molecule has 3 nitrogen and oxygen atoms in total. The Labute approximate surface area is 133 Å². The molecule has 0 saturated heterocycles. The number of hydrogen-bond acceptors (Lipinski definition) is 3. The molecule has 0 unspecified atom stereocenters. The first-order chi connectivity index (χ1) is 11.3. The monoisotopic (exact) mass is 299 g/mol. The lowest BCUT2D eigenvalue weighted by Gasteiger charge is -2.09. The van der Waals surface area contributed by atoms with Crippen LogP contribution >= 0.6 is 0 Å². The molecule has 0 spiro atoms. The first-order valence-electron chi connectivity index (χ1n) is 7.36. The minimum atomic E-state index is 0.428. The fraction of sp³-hybridized carbons (Fsp3) is 0. The van der Waals surface area contributed by atoms with Gasteiger partial charge in [0.1, 0.15) is 17.2 Å². The van der Waals surface area contributed by atoms with E-state index in [-0.39, 0.29) is 0 Å². The molecule has 0 radical (unpaired) electrons. The number of rotatable bonds is 3. The Balaban J connectivity index is 1.91. The second-order valence-electron chi connectivity index (χ2n) is 5.25. The van der Waals surface area contributed by atoms with Crippen molar-refractivity contribution in [2.24, 2.45) is 0 Å². The number of hydrogen-bond donors (Lipinski definition) is 0. The Morgan fingerprint density at radius 2 is 1.52 bits per heavy atom. The van der Waals surface area contributed by atoms with E-state index in [0.717, 1.165) is 33.7 Å². The highest BCUT2D eigenvalue weighted by Crippen LogP contribution is 2.30. The summed E-state index contributed by atoms with van der Waals surface area (Å²) in [5.74, 6) is 1.44. The highest BCUT2D eigenvalue weighted by molar-refractivity contribution is 6.11. The summed E-state index contributed by atoms with van der Waals surface area (Å²) in [5, 5.41) is 2.82. The van der Waals surface area contributed by atoms with Crippen LogP contribution in [0.3, 0.4) is 0 Å². The van der Waals surface area contributed by atoms with Crippen LogP contribution in [0.1, 0.15) is 10.5 Å². The SMILES string of the molecule is O=Cc1nc2ccccc2c2ccc(Oc3ccccc3)cc12. The predicted molar refractivity (Wildman–Crippen MR) is 91.2 cm³/mol. The van der Waals surface area contributed by atoms with Gasteiger partial charge in [-0.05, 0) is 41.8 Å². The number of carbonyl (C=O) groups is 1. The smallest absolute Gasteiger partial charge is 0.169 e. The van der Waals surface area contributed by atoms with Crippen molar-refractivity contribution in [1.29, 1.82) is 0 Å². The Morgan fingerprint density at radius 3 is 2.35 bits per heavy atom. The molecular formula is C20H13NO2. The van der Waals surface area contributed by atoms with Crippen molar-refractivity contribution in [3.05, 3.63) is 78.5 Å². The zero-order valence-electron chi connectivity index (χ0n) is 12.3. The van der Waals surface area contributed by atoms with E-state index in [4.69, 9.17) is 4.74 Å². The fourth-order valence-corrected chi connectivity index (χ4v) is 2.74. The van der Waals surface area contributed by atoms with Gasteiger partial charge >= 0.3 is 0 Å². The summed E-state index contributed by atoms with van der Waals surface area (Å²) >= 11 is 0. The average Bonchev–Trinajstić information content (AvgIpc) is 2.61. The molecule has 0 atom stereocenters. The Kier molecular flexibility index (Phi) is 3.24. The minimum absolute atomic E-state index is 0.428. The third-order valence-corrected chi connectivity index (χ3v) is 3.79. The maximum atomic E-state index is 11.4. The molecule has 0 bridgehead atoms. The van der Waals surface area contributed by atoms with Crippen LogP contribution in [0.15, 0.2) is 72.8 Å². The molecule has 23 heavy (non-hydrogen) atoms. The molecule has 3 heteroatoms. The number of nitrogens with zero attached hydrogens (tertiary/aromatic N) is 1. The van der Waals surface area contributed by atoms with Crippen molar-refractivity contribution in [1.82, 2.24) is 4.98 Å². The molecular weight excluding hydrogens is 286 g/mol. The summed E-state index contributed by atoms with van der Waals surface area (Å²) in [7, 11) is 0. The molecule has 4 rings (SSSR count). The summed E-state index contributed by atoms with van der Waals surface area (Å²) < 4.78 is 5.85. The first kappa shape index (κ1) is 13.5. The number of pyridine rings is 1. The van der Waals surface area contributed by atoms with E-state index in [1.54, 1.807) is 0 Å². The standard InChI is InChI=1S/C20H13NO2/c22-13-20-18-12-15(23-14-6-2-1-3-7-14)10-11-16(18)17-8-4-5-9-19(17)21-20/h1-13H. The van der Waals surface area contributed by atoms with E-state index in [9.17, 15) is 4.79 Å². The van der Waals surface area contributed by atoms with E-state index in [0.29, 0.717) is 11.4 Å². The van der Waals surface area contributed by atoms with Crippen LogP contribution in [0, 0.1) is 0 Å². The predicted octanol–water partition coefficient (Wildman–Crippen LogP) is 4.99. The average molecular weight is 299 g/mol. The van der Waals surface area contributed by atoms with Crippen molar-refractivity contribution in [2.75, 3.05) is 0 Å². The molecule has 110 valence electrons. The van der Waals surface area contributed by atoms with Crippen LogP contribution in [-0.4, -0.2) is 11.3 Å². The number of aldehydes is 1. The van der Waals surface area contributed by atoms with Crippen LogP contribution < -0.4 is 4.74 Å². The van der Waals surface area contributed by atoms with Gasteiger partial charge in [0.2, 0.25) is 0 Å². The zero-order valence-corrected chi connectivity index (χ0v) is 12.3. The Bertz CT molecular complexity index is 1010. The molecule has 0 aliphatic heterocycles. The first-order valence-corrected chi connectivity index (χ1v) is 7.36. The summed E-state index contributed by atoms with van der Waals surface area (Å²) in [5.41, 5.74) is 1.25. The Morgan fingerprint density at radius 1 is 0.739 bits per heavy atom. The summed E-state index contributed by atoms with van der Waals surface area (Å²) in [6, 6.07) is 23.1. The van der Waals surface area contributed by atoms with E-state index in [2.05, 4.69) is 4.98 Å². The fourth-order valence-electron chi connectivity index (χ4n) is 2.74. The number of carbonyl (C=O) groups excluding carboxylic acids is 1. The number of aromatic nitrogens is 1. The van der Waals surface area contributed by atoms with Gasteiger partial charge in [0.05, 0.1) is 5.52 Å². The van der Waals surface area contributed by atoms with Crippen LogP contribution in [0.4, 0.5) is 0 Å². The number of para-hydroxylation sites is 2. The maximum absolute atomic E-state index is 11.4. The molecule has 4 aromatic rings. The van der Waals surface area contributed by atoms with E-state index in [1.165, 1.54) is 0 Å². The van der Waals surface area contributed by atoms with Gasteiger partial charge in [-0.3, -0.25) is 4.79 Å². The highest BCUT2D eigenvalue weighted by Gasteiger charge is 2.09. The zero-order chi connectivity index (χ0) is 15.6. The normalized spacial score (nSPS) is 10.8.